The molecule has 5 heteroatoms. The first-order valence-corrected chi connectivity index (χ1v) is 10.2. The van der Waals surface area contributed by atoms with Crippen molar-refractivity contribution in [2.24, 2.45) is 5.92 Å². The maximum atomic E-state index is 6.19. The SMILES string of the molecule is CN1C[C@@H]2CC[C@H](C1)N(Cc1ccccc1OCCN1CCOCC1)C2. The van der Waals surface area contributed by atoms with Gasteiger partial charge in [-0.05, 0) is 31.9 Å². The van der Waals surface area contributed by atoms with Crippen molar-refractivity contribution in [1.82, 2.24) is 14.7 Å². The molecule has 2 atom stereocenters. The van der Waals surface area contributed by atoms with E-state index in [1.54, 1.807) is 0 Å². The van der Waals surface area contributed by atoms with Gasteiger partial charge >= 0.3 is 0 Å². The van der Waals surface area contributed by atoms with E-state index in [1.165, 1.54) is 38.0 Å². The third kappa shape index (κ3) is 4.58. The van der Waals surface area contributed by atoms with E-state index in [-0.39, 0.29) is 0 Å². The summed E-state index contributed by atoms with van der Waals surface area (Å²) in [5, 5.41) is 0. The molecule has 144 valence electrons. The normalized spacial score (nSPS) is 28.2. The lowest BCUT2D eigenvalue weighted by Gasteiger charge is -2.36. The van der Waals surface area contributed by atoms with Crippen LogP contribution in [0.5, 0.6) is 5.75 Å². The van der Waals surface area contributed by atoms with Gasteiger partial charge in [0.25, 0.3) is 0 Å². The standard InChI is InChI=1S/C21H33N3O2/c1-22-14-18-6-7-20(17-22)24(15-18)16-19-4-2-3-5-21(19)26-13-10-23-8-11-25-12-9-23/h2-5,18,20H,6-17H2,1H3/t18-,20+/m0/s1. The molecule has 26 heavy (non-hydrogen) atoms. The quantitative estimate of drug-likeness (QED) is 0.774. The molecule has 1 aromatic rings. The summed E-state index contributed by atoms with van der Waals surface area (Å²) in [6, 6.07) is 9.31. The largest absolute Gasteiger partial charge is 0.492 e. The molecule has 0 saturated carbocycles. The highest BCUT2D eigenvalue weighted by Crippen LogP contribution is 2.30. The van der Waals surface area contributed by atoms with E-state index >= 15 is 0 Å². The van der Waals surface area contributed by atoms with Crippen LogP contribution in [0, 0.1) is 5.92 Å². The fourth-order valence-corrected chi connectivity index (χ4v) is 4.71. The van der Waals surface area contributed by atoms with Gasteiger partial charge in [-0.3, -0.25) is 9.80 Å². The monoisotopic (exact) mass is 359 g/mol. The van der Waals surface area contributed by atoms with Gasteiger partial charge in [-0.25, -0.2) is 0 Å². The number of hydrogen-bond donors (Lipinski definition) is 0. The van der Waals surface area contributed by atoms with Crippen LogP contribution < -0.4 is 4.74 Å². The number of likely N-dealkylation sites (N-methyl/N-ethyl adjacent to an activating group) is 1. The number of nitrogens with zero attached hydrogens (tertiary/aromatic N) is 3. The summed E-state index contributed by atoms with van der Waals surface area (Å²) in [6.07, 6.45) is 2.73. The first-order valence-electron chi connectivity index (χ1n) is 10.2. The average molecular weight is 360 g/mol. The van der Waals surface area contributed by atoms with E-state index in [0.29, 0.717) is 6.04 Å². The molecule has 5 nitrogen and oxygen atoms in total. The number of hydrogen-bond acceptors (Lipinski definition) is 5. The molecule has 0 unspecified atom stereocenters. The Balaban J connectivity index is 1.35. The molecule has 5 rings (SSSR count). The molecule has 0 amide bonds. The number of piperidine rings is 1. The van der Waals surface area contributed by atoms with Crippen molar-refractivity contribution in [3.05, 3.63) is 29.8 Å². The number of benzene rings is 1. The summed E-state index contributed by atoms with van der Waals surface area (Å²) in [4.78, 5) is 7.64. The van der Waals surface area contributed by atoms with Crippen LogP contribution >= 0.6 is 0 Å². The fourth-order valence-electron chi connectivity index (χ4n) is 4.71. The van der Waals surface area contributed by atoms with Crippen LogP contribution in [-0.2, 0) is 11.3 Å². The zero-order valence-corrected chi connectivity index (χ0v) is 16.1. The van der Waals surface area contributed by atoms with E-state index in [1.807, 2.05) is 0 Å². The van der Waals surface area contributed by atoms with Gasteiger partial charge in [0.05, 0.1) is 13.2 Å². The lowest BCUT2D eigenvalue weighted by molar-refractivity contribution is 0.0321. The van der Waals surface area contributed by atoms with Gasteiger partial charge in [-0.1, -0.05) is 18.2 Å². The molecule has 1 aromatic carbocycles. The molecule has 4 aliphatic heterocycles. The molecule has 4 aliphatic rings. The van der Waals surface area contributed by atoms with Crippen molar-refractivity contribution in [2.45, 2.75) is 25.4 Å². The molecular formula is C21H33N3O2. The summed E-state index contributed by atoms with van der Waals surface area (Å²) in [5.41, 5.74) is 1.34. The molecule has 0 N–H and O–H groups in total. The second-order valence-corrected chi connectivity index (χ2v) is 8.16. The van der Waals surface area contributed by atoms with Crippen molar-refractivity contribution in [3.8, 4) is 5.75 Å². The van der Waals surface area contributed by atoms with Crippen LogP contribution in [0.25, 0.3) is 0 Å². The third-order valence-electron chi connectivity index (χ3n) is 6.12. The Labute approximate surface area is 157 Å². The predicted molar refractivity (Wildman–Crippen MR) is 104 cm³/mol. The van der Waals surface area contributed by atoms with E-state index in [9.17, 15) is 0 Å². The van der Waals surface area contributed by atoms with Crippen molar-refractivity contribution < 1.29 is 9.47 Å². The molecule has 4 saturated heterocycles. The van der Waals surface area contributed by atoms with Gasteiger partial charge in [-0.2, -0.15) is 0 Å². The Bertz CT molecular complexity index is 576. The molecule has 0 spiro atoms. The smallest absolute Gasteiger partial charge is 0.123 e. The van der Waals surface area contributed by atoms with Crippen LogP contribution in [0.2, 0.25) is 0 Å². The summed E-state index contributed by atoms with van der Waals surface area (Å²) in [5.74, 6) is 1.89. The second-order valence-electron chi connectivity index (χ2n) is 8.16. The Morgan fingerprint density at radius 2 is 1.92 bits per heavy atom. The van der Waals surface area contributed by atoms with Crippen molar-refractivity contribution >= 4 is 0 Å². The Morgan fingerprint density at radius 1 is 1.08 bits per heavy atom. The summed E-state index contributed by atoms with van der Waals surface area (Å²) < 4.78 is 11.6. The van der Waals surface area contributed by atoms with Gasteiger partial charge in [0.1, 0.15) is 12.4 Å². The lowest BCUT2D eigenvalue weighted by Crippen LogP contribution is -2.43. The number of fused-ring (bicyclic) bond motifs is 4. The van der Waals surface area contributed by atoms with Gasteiger partial charge in [0.15, 0.2) is 0 Å². The molecule has 4 fully saturated rings. The average Bonchev–Trinajstić information content (AvgIpc) is 2.93. The van der Waals surface area contributed by atoms with Gasteiger partial charge in [0.2, 0.25) is 0 Å². The summed E-state index contributed by atoms with van der Waals surface area (Å²) in [7, 11) is 2.28. The predicted octanol–water partition coefficient (Wildman–Crippen LogP) is 1.92. The number of ether oxygens (including phenoxy) is 2. The summed E-state index contributed by atoms with van der Waals surface area (Å²) in [6.45, 7) is 10.2. The Morgan fingerprint density at radius 3 is 2.81 bits per heavy atom. The summed E-state index contributed by atoms with van der Waals surface area (Å²) >= 11 is 0. The zero-order chi connectivity index (χ0) is 17.8. The molecule has 0 aliphatic carbocycles. The second kappa shape index (κ2) is 8.70. The fraction of sp³-hybridized carbons (Fsp3) is 0.714. The number of rotatable bonds is 6. The number of morpholine rings is 1. The van der Waals surface area contributed by atoms with E-state index in [2.05, 4.69) is 46.0 Å². The first-order chi connectivity index (χ1) is 12.8. The van der Waals surface area contributed by atoms with Crippen molar-refractivity contribution in [1.29, 1.82) is 0 Å². The van der Waals surface area contributed by atoms with Crippen molar-refractivity contribution in [3.63, 3.8) is 0 Å². The van der Waals surface area contributed by atoms with E-state index in [0.717, 1.165) is 57.7 Å². The molecule has 4 heterocycles. The maximum absolute atomic E-state index is 6.19. The molecule has 0 aromatic heterocycles. The van der Waals surface area contributed by atoms with Gasteiger partial charge in [-0.15, -0.1) is 0 Å². The van der Waals surface area contributed by atoms with E-state index < -0.39 is 0 Å². The number of para-hydroxylation sites is 1. The minimum absolute atomic E-state index is 0.695. The highest BCUT2D eigenvalue weighted by atomic mass is 16.5. The first kappa shape index (κ1) is 18.2. The Kier molecular flexibility index (Phi) is 6.10. The van der Waals surface area contributed by atoms with Gasteiger partial charge < -0.3 is 14.4 Å². The van der Waals surface area contributed by atoms with E-state index in [4.69, 9.17) is 9.47 Å². The van der Waals surface area contributed by atoms with Crippen LogP contribution in [0.3, 0.4) is 0 Å². The third-order valence-corrected chi connectivity index (χ3v) is 6.12. The Hall–Kier alpha value is -1.14. The van der Waals surface area contributed by atoms with Crippen molar-refractivity contribution in [2.75, 3.05) is 66.1 Å². The molecule has 2 bridgehead atoms. The van der Waals surface area contributed by atoms with Crippen LogP contribution in [0.15, 0.2) is 24.3 Å². The highest BCUT2D eigenvalue weighted by Gasteiger charge is 2.33. The maximum Gasteiger partial charge on any atom is 0.123 e. The molecular weight excluding hydrogens is 326 g/mol. The zero-order valence-electron chi connectivity index (χ0n) is 16.1. The topological polar surface area (TPSA) is 28.2 Å². The lowest BCUT2D eigenvalue weighted by atomic mass is 9.94. The molecule has 0 radical (unpaired) electrons. The van der Waals surface area contributed by atoms with Crippen LogP contribution in [0.4, 0.5) is 0 Å². The van der Waals surface area contributed by atoms with Gasteiger partial charge in [0, 0.05) is 57.4 Å². The minimum atomic E-state index is 0.695. The van der Waals surface area contributed by atoms with Crippen LogP contribution in [-0.4, -0.2) is 86.9 Å². The minimum Gasteiger partial charge on any atom is -0.492 e. The van der Waals surface area contributed by atoms with Crippen LogP contribution in [0.1, 0.15) is 18.4 Å². The highest BCUT2D eigenvalue weighted by molar-refractivity contribution is 5.33.